The minimum Gasteiger partial charge on any atom is -0.378 e. The first kappa shape index (κ1) is 11.4. The average molecular weight is 211 g/mol. The molecule has 2 aliphatic heterocycles. The van der Waals surface area contributed by atoms with Gasteiger partial charge in [0, 0.05) is 6.61 Å². The maximum Gasteiger partial charge on any atom is 0.0603 e. The van der Waals surface area contributed by atoms with Crippen LogP contribution in [0.2, 0.25) is 0 Å². The van der Waals surface area contributed by atoms with Crippen LogP contribution in [0.1, 0.15) is 40.0 Å². The Kier molecular flexibility index (Phi) is 3.36. The fourth-order valence-electron chi connectivity index (χ4n) is 3.20. The summed E-state index contributed by atoms with van der Waals surface area (Å²) >= 11 is 0. The third kappa shape index (κ3) is 2.21. The van der Waals surface area contributed by atoms with Crippen LogP contribution in [0, 0.1) is 17.3 Å². The van der Waals surface area contributed by atoms with Crippen molar-refractivity contribution in [1.82, 2.24) is 5.32 Å². The highest BCUT2D eigenvalue weighted by molar-refractivity contribution is 4.94. The van der Waals surface area contributed by atoms with E-state index < -0.39 is 0 Å². The summed E-state index contributed by atoms with van der Waals surface area (Å²) in [5, 5.41) is 3.51. The summed E-state index contributed by atoms with van der Waals surface area (Å²) in [7, 11) is 0. The maximum absolute atomic E-state index is 5.89. The molecule has 0 saturated carbocycles. The van der Waals surface area contributed by atoms with E-state index in [1.807, 2.05) is 0 Å². The minimum atomic E-state index is 0.499. The van der Waals surface area contributed by atoms with E-state index in [2.05, 4.69) is 26.1 Å². The largest absolute Gasteiger partial charge is 0.378 e. The van der Waals surface area contributed by atoms with Gasteiger partial charge in [0.1, 0.15) is 0 Å². The van der Waals surface area contributed by atoms with Crippen molar-refractivity contribution in [3.8, 4) is 0 Å². The molecule has 2 heteroatoms. The monoisotopic (exact) mass is 211 g/mol. The summed E-state index contributed by atoms with van der Waals surface area (Å²) in [6.45, 7) is 10.4. The predicted octanol–water partition coefficient (Wildman–Crippen LogP) is 2.44. The molecule has 0 radical (unpaired) electrons. The molecule has 1 spiro atoms. The molecule has 3 unspecified atom stereocenters. The number of ether oxygens (including phenoxy) is 1. The zero-order chi connectivity index (χ0) is 10.9. The second kappa shape index (κ2) is 4.42. The van der Waals surface area contributed by atoms with Crippen molar-refractivity contribution in [3.05, 3.63) is 0 Å². The van der Waals surface area contributed by atoms with Crippen molar-refractivity contribution >= 4 is 0 Å². The second-order valence-electron chi connectivity index (χ2n) is 5.82. The molecule has 2 nitrogen and oxygen atoms in total. The lowest BCUT2D eigenvalue weighted by Crippen LogP contribution is -2.49. The lowest BCUT2D eigenvalue weighted by molar-refractivity contribution is -0.0959. The zero-order valence-corrected chi connectivity index (χ0v) is 10.4. The fourth-order valence-corrected chi connectivity index (χ4v) is 3.20. The van der Waals surface area contributed by atoms with Crippen LogP contribution < -0.4 is 5.32 Å². The molecule has 15 heavy (non-hydrogen) atoms. The van der Waals surface area contributed by atoms with Gasteiger partial charge < -0.3 is 10.1 Å². The highest BCUT2D eigenvalue weighted by Crippen LogP contribution is 2.45. The first-order chi connectivity index (χ1) is 7.14. The topological polar surface area (TPSA) is 21.3 Å². The highest BCUT2D eigenvalue weighted by Gasteiger charge is 2.42. The fraction of sp³-hybridized carbons (Fsp3) is 1.00. The molecule has 0 bridgehead atoms. The Morgan fingerprint density at radius 3 is 2.80 bits per heavy atom. The predicted molar refractivity (Wildman–Crippen MR) is 62.9 cm³/mol. The van der Waals surface area contributed by atoms with Crippen molar-refractivity contribution in [2.75, 3.05) is 19.7 Å². The van der Waals surface area contributed by atoms with E-state index in [0.717, 1.165) is 12.5 Å². The Morgan fingerprint density at radius 2 is 2.13 bits per heavy atom. The van der Waals surface area contributed by atoms with Crippen LogP contribution in [-0.4, -0.2) is 25.8 Å². The van der Waals surface area contributed by atoms with Gasteiger partial charge in [0.15, 0.2) is 0 Å². The molecule has 0 amide bonds. The molecule has 0 aliphatic carbocycles. The lowest BCUT2D eigenvalue weighted by Gasteiger charge is -2.48. The van der Waals surface area contributed by atoms with Gasteiger partial charge in [0.05, 0.1) is 6.10 Å². The molecular weight excluding hydrogens is 186 g/mol. The van der Waals surface area contributed by atoms with Gasteiger partial charge >= 0.3 is 0 Å². The maximum atomic E-state index is 5.89. The molecule has 0 aromatic carbocycles. The van der Waals surface area contributed by atoms with Crippen LogP contribution >= 0.6 is 0 Å². The van der Waals surface area contributed by atoms with Crippen LogP contribution in [0.15, 0.2) is 0 Å². The second-order valence-corrected chi connectivity index (χ2v) is 5.82. The molecule has 88 valence electrons. The number of nitrogens with one attached hydrogen (secondary N) is 1. The van der Waals surface area contributed by atoms with E-state index in [0.29, 0.717) is 17.4 Å². The van der Waals surface area contributed by atoms with Crippen LogP contribution in [0.25, 0.3) is 0 Å². The van der Waals surface area contributed by atoms with Gasteiger partial charge in [0.25, 0.3) is 0 Å². The summed E-state index contributed by atoms with van der Waals surface area (Å²) in [6.07, 6.45) is 4.41. The SMILES string of the molecule is CC(C)C1CC2(CCNCC2C)CCO1. The summed E-state index contributed by atoms with van der Waals surface area (Å²) in [4.78, 5) is 0. The quantitative estimate of drug-likeness (QED) is 0.719. The van der Waals surface area contributed by atoms with E-state index in [1.165, 1.54) is 32.4 Å². The van der Waals surface area contributed by atoms with Gasteiger partial charge in [-0.3, -0.25) is 0 Å². The molecule has 2 saturated heterocycles. The number of rotatable bonds is 1. The first-order valence-corrected chi connectivity index (χ1v) is 6.46. The van der Waals surface area contributed by atoms with Crippen molar-refractivity contribution < 1.29 is 4.74 Å². The molecule has 2 heterocycles. The average Bonchev–Trinajstić information content (AvgIpc) is 2.23. The Bertz CT molecular complexity index is 213. The molecule has 0 aromatic rings. The van der Waals surface area contributed by atoms with E-state index in [1.54, 1.807) is 0 Å². The smallest absolute Gasteiger partial charge is 0.0603 e. The van der Waals surface area contributed by atoms with Crippen LogP contribution in [0.4, 0.5) is 0 Å². The summed E-state index contributed by atoms with van der Waals surface area (Å²) in [5.41, 5.74) is 0.582. The van der Waals surface area contributed by atoms with Crippen LogP contribution in [0.5, 0.6) is 0 Å². The highest BCUT2D eigenvalue weighted by atomic mass is 16.5. The Hall–Kier alpha value is -0.0800. The van der Waals surface area contributed by atoms with E-state index in [-0.39, 0.29) is 0 Å². The summed E-state index contributed by atoms with van der Waals surface area (Å²) in [6, 6.07) is 0. The van der Waals surface area contributed by atoms with E-state index in [4.69, 9.17) is 4.74 Å². The number of hydrogen-bond donors (Lipinski definition) is 1. The zero-order valence-electron chi connectivity index (χ0n) is 10.4. The molecule has 0 aromatic heterocycles. The minimum absolute atomic E-state index is 0.499. The van der Waals surface area contributed by atoms with Crippen molar-refractivity contribution in [1.29, 1.82) is 0 Å². The van der Waals surface area contributed by atoms with Gasteiger partial charge in [-0.1, -0.05) is 20.8 Å². The van der Waals surface area contributed by atoms with Crippen molar-refractivity contribution in [3.63, 3.8) is 0 Å². The normalized spacial score (nSPS) is 42.4. The number of piperidine rings is 1. The summed E-state index contributed by atoms with van der Waals surface area (Å²) < 4.78 is 5.89. The first-order valence-electron chi connectivity index (χ1n) is 6.46. The van der Waals surface area contributed by atoms with Gasteiger partial charge in [-0.25, -0.2) is 0 Å². The standard InChI is InChI=1S/C13H25NO/c1-10(2)12-8-13(5-7-15-12)4-6-14-9-11(13)3/h10-12,14H,4-9H2,1-3H3. The number of hydrogen-bond acceptors (Lipinski definition) is 2. The molecule has 1 N–H and O–H groups in total. The van der Waals surface area contributed by atoms with Gasteiger partial charge in [0.2, 0.25) is 0 Å². The summed E-state index contributed by atoms with van der Waals surface area (Å²) in [5.74, 6) is 1.49. The molecular formula is C13H25NO. The van der Waals surface area contributed by atoms with Gasteiger partial charge in [-0.15, -0.1) is 0 Å². The molecule has 3 atom stereocenters. The Labute approximate surface area is 93.8 Å². The molecule has 2 fully saturated rings. The third-order valence-electron chi connectivity index (χ3n) is 4.58. The van der Waals surface area contributed by atoms with E-state index in [9.17, 15) is 0 Å². The van der Waals surface area contributed by atoms with Gasteiger partial charge in [-0.2, -0.15) is 0 Å². The van der Waals surface area contributed by atoms with Crippen LogP contribution in [-0.2, 0) is 4.74 Å². The Balaban J connectivity index is 2.06. The molecule has 2 aliphatic rings. The van der Waals surface area contributed by atoms with Gasteiger partial charge in [-0.05, 0) is 49.6 Å². The van der Waals surface area contributed by atoms with E-state index >= 15 is 0 Å². The van der Waals surface area contributed by atoms with Crippen molar-refractivity contribution in [2.45, 2.75) is 46.1 Å². The van der Waals surface area contributed by atoms with Crippen molar-refractivity contribution in [2.24, 2.45) is 17.3 Å². The molecule has 2 rings (SSSR count). The van der Waals surface area contributed by atoms with Crippen LogP contribution in [0.3, 0.4) is 0 Å². The Morgan fingerprint density at radius 1 is 1.33 bits per heavy atom. The lowest BCUT2D eigenvalue weighted by atomic mass is 9.64. The third-order valence-corrected chi connectivity index (χ3v) is 4.58.